The zero-order chi connectivity index (χ0) is 16.5. The fraction of sp³-hybridized carbons (Fsp3) is 0.385. The average Bonchev–Trinajstić information content (AvgIpc) is 2.46. The number of amides is 1. The van der Waals surface area contributed by atoms with Crippen LogP contribution in [0.3, 0.4) is 0 Å². The summed E-state index contributed by atoms with van der Waals surface area (Å²) in [5.41, 5.74) is 0. The van der Waals surface area contributed by atoms with E-state index in [0.717, 1.165) is 7.88 Å². The number of carbonyl (C=O) groups is 2. The predicted octanol–water partition coefficient (Wildman–Crippen LogP) is 0.597. The average molecular weight is 438 g/mol. The molecule has 0 aliphatic carbocycles. The first-order chi connectivity index (χ1) is 10.2. The van der Waals surface area contributed by atoms with E-state index in [2.05, 4.69) is 22.6 Å². The minimum Gasteiger partial charge on any atom is -0.480 e. The molecule has 9 heteroatoms. The minimum atomic E-state index is -3.91. The Bertz CT molecular complexity index is 689. The van der Waals surface area contributed by atoms with Crippen LogP contribution in [0.25, 0.3) is 0 Å². The van der Waals surface area contributed by atoms with Gasteiger partial charge in [-0.15, -0.1) is 0 Å². The Morgan fingerprint density at radius 3 is 2.32 bits per heavy atom. The van der Waals surface area contributed by atoms with Crippen LogP contribution in [0.1, 0.15) is 6.92 Å². The predicted molar refractivity (Wildman–Crippen MR) is 86.7 cm³/mol. The maximum absolute atomic E-state index is 12.6. The van der Waals surface area contributed by atoms with Gasteiger partial charge in [-0.2, -0.15) is 4.31 Å². The highest BCUT2D eigenvalue weighted by Crippen LogP contribution is 2.22. The van der Waals surface area contributed by atoms with Gasteiger partial charge >= 0.3 is 5.97 Å². The van der Waals surface area contributed by atoms with Crippen LogP contribution >= 0.6 is 22.6 Å². The minimum absolute atomic E-state index is 0.0368. The first-order valence-corrected chi connectivity index (χ1v) is 9.01. The van der Waals surface area contributed by atoms with E-state index in [1.165, 1.54) is 24.0 Å². The van der Waals surface area contributed by atoms with E-state index in [-0.39, 0.29) is 30.4 Å². The Morgan fingerprint density at radius 1 is 1.23 bits per heavy atom. The van der Waals surface area contributed by atoms with Crippen molar-refractivity contribution in [2.45, 2.75) is 17.9 Å². The fourth-order valence-corrected chi connectivity index (χ4v) is 4.21. The Labute approximate surface area is 142 Å². The highest BCUT2D eigenvalue weighted by atomic mass is 127. The number of sulfonamides is 1. The molecule has 1 unspecified atom stereocenters. The van der Waals surface area contributed by atoms with Crippen molar-refractivity contribution in [3.8, 4) is 0 Å². The van der Waals surface area contributed by atoms with Crippen LogP contribution in [0, 0.1) is 3.57 Å². The molecule has 1 aliphatic rings. The number of hydrogen-bond acceptors (Lipinski definition) is 4. The first-order valence-electron chi connectivity index (χ1n) is 6.49. The number of aliphatic carboxylic acids is 1. The highest BCUT2D eigenvalue weighted by Gasteiger charge is 2.40. The van der Waals surface area contributed by atoms with Gasteiger partial charge in [0.1, 0.15) is 6.04 Å². The van der Waals surface area contributed by atoms with Crippen molar-refractivity contribution in [1.29, 1.82) is 0 Å². The lowest BCUT2D eigenvalue weighted by molar-refractivity contribution is -0.145. The molecule has 0 spiro atoms. The van der Waals surface area contributed by atoms with E-state index in [1.54, 1.807) is 12.1 Å². The third-order valence-corrected chi connectivity index (χ3v) is 6.12. The van der Waals surface area contributed by atoms with Gasteiger partial charge in [-0.1, -0.05) is 0 Å². The van der Waals surface area contributed by atoms with Crippen LogP contribution < -0.4 is 0 Å². The van der Waals surface area contributed by atoms with Crippen molar-refractivity contribution in [1.82, 2.24) is 9.21 Å². The number of carbonyl (C=O) groups excluding carboxylic acids is 1. The van der Waals surface area contributed by atoms with E-state index >= 15 is 0 Å². The number of benzene rings is 1. The number of nitrogens with zero attached hydrogens (tertiary/aromatic N) is 2. The van der Waals surface area contributed by atoms with E-state index < -0.39 is 22.0 Å². The molecule has 1 aromatic carbocycles. The van der Waals surface area contributed by atoms with Crippen LogP contribution in [0.15, 0.2) is 29.2 Å². The summed E-state index contributed by atoms with van der Waals surface area (Å²) >= 11 is 2.06. The molecule has 1 aromatic rings. The lowest BCUT2D eigenvalue weighted by Gasteiger charge is -2.37. The second-order valence-electron chi connectivity index (χ2n) is 4.89. The summed E-state index contributed by atoms with van der Waals surface area (Å²) in [6.07, 6.45) is 0. The number of rotatable bonds is 3. The molecule has 7 nitrogen and oxygen atoms in total. The largest absolute Gasteiger partial charge is 0.480 e. The number of halogens is 1. The summed E-state index contributed by atoms with van der Waals surface area (Å²) < 4.78 is 27.1. The molecule has 1 heterocycles. The zero-order valence-corrected chi connectivity index (χ0v) is 14.7. The summed E-state index contributed by atoms with van der Waals surface area (Å²) in [6, 6.07) is 4.92. The maximum atomic E-state index is 12.6. The molecule has 0 saturated carbocycles. The van der Waals surface area contributed by atoms with E-state index in [0.29, 0.717) is 0 Å². The van der Waals surface area contributed by atoms with Crippen LogP contribution in [0.5, 0.6) is 0 Å². The summed E-state index contributed by atoms with van der Waals surface area (Å²) in [6.45, 7) is 1.34. The van der Waals surface area contributed by atoms with Crippen molar-refractivity contribution >= 4 is 44.5 Å². The topological polar surface area (TPSA) is 95.0 Å². The number of hydrogen-bond donors (Lipinski definition) is 1. The standard InChI is InChI=1S/C13H15IN2O5S/c1-9(17)15-6-7-16(12(8-15)13(18)19)22(20,21)11-4-2-10(14)3-5-11/h2-5,12H,6-8H2,1H3,(H,18,19). The molecule has 2 rings (SSSR count). The van der Waals surface area contributed by atoms with Crippen LogP contribution in [0.4, 0.5) is 0 Å². The molecule has 120 valence electrons. The molecule has 22 heavy (non-hydrogen) atoms. The van der Waals surface area contributed by atoms with Crippen molar-refractivity contribution in [3.05, 3.63) is 27.8 Å². The molecule has 1 amide bonds. The molecular weight excluding hydrogens is 423 g/mol. The van der Waals surface area contributed by atoms with E-state index in [1.807, 2.05) is 0 Å². The zero-order valence-electron chi connectivity index (χ0n) is 11.8. The summed E-state index contributed by atoms with van der Waals surface area (Å²) in [4.78, 5) is 24.2. The number of piperazine rings is 1. The number of carboxylic acids is 1. The van der Waals surface area contributed by atoms with Gasteiger partial charge in [0.15, 0.2) is 0 Å². The van der Waals surface area contributed by atoms with E-state index in [9.17, 15) is 23.1 Å². The van der Waals surface area contributed by atoms with Crippen molar-refractivity contribution in [3.63, 3.8) is 0 Å². The van der Waals surface area contributed by atoms with Gasteiger partial charge in [-0.3, -0.25) is 9.59 Å². The molecule has 0 radical (unpaired) electrons. The Balaban J connectivity index is 2.35. The van der Waals surface area contributed by atoms with Crippen LogP contribution in [-0.2, 0) is 19.6 Å². The lowest BCUT2D eigenvalue weighted by atomic mass is 10.2. The third kappa shape index (κ3) is 3.41. The Kier molecular flexibility index (Phi) is 5.07. The monoisotopic (exact) mass is 438 g/mol. The van der Waals surface area contributed by atoms with Crippen molar-refractivity contribution in [2.75, 3.05) is 19.6 Å². The molecule has 1 aliphatic heterocycles. The molecule has 0 aromatic heterocycles. The lowest BCUT2D eigenvalue weighted by Crippen LogP contribution is -2.58. The number of carboxylic acid groups (broad SMARTS) is 1. The smallest absolute Gasteiger partial charge is 0.323 e. The summed E-state index contributed by atoms with van der Waals surface area (Å²) in [5.74, 6) is -1.53. The van der Waals surface area contributed by atoms with Gasteiger partial charge < -0.3 is 10.0 Å². The summed E-state index contributed by atoms with van der Waals surface area (Å²) in [7, 11) is -3.91. The van der Waals surface area contributed by atoms with Crippen molar-refractivity contribution in [2.24, 2.45) is 0 Å². The SMILES string of the molecule is CC(=O)N1CCN(S(=O)(=O)c2ccc(I)cc2)C(C(=O)O)C1. The van der Waals surface area contributed by atoms with Crippen LogP contribution in [0.2, 0.25) is 0 Å². The molecule has 1 saturated heterocycles. The second-order valence-corrected chi connectivity index (χ2v) is 8.02. The normalized spacial score (nSPS) is 19.9. The van der Waals surface area contributed by atoms with E-state index in [4.69, 9.17) is 0 Å². The molecule has 0 bridgehead atoms. The van der Waals surface area contributed by atoms with Gasteiger partial charge in [-0.05, 0) is 46.9 Å². The molecule has 1 atom stereocenters. The third-order valence-electron chi connectivity index (χ3n) is 3.48. The quantitative estimate of drug-likeness (QED) is 0.698. The van der Waals surface area contributed by atoms with Crippen molar-refractivity contribution < 1.29 is 23.1 Å². The van der Waals surface area contributed by atoms with Gasteiger partial charge in [0, 0.05) is 30.1 Å². The second kappa shape index (κ2) is 6.50. The van der Waals surface area contributed by atoms with Gasteiger partial charge in [0.2, 0.25) is 15.9 Å². The first kappa shape index (κ1) is 17.2. The Morgan fingerprint density at radius 2 is 1.82 bits per heavy atom. The molecule has 1 N–H and O–H groups in total. The van der Waals surface area contributed by atoms with Gasteiger partial charge in [0.05, 0.1) is 4.90 Å². The Hall–Kier alpha value is -1.20. The van der Waals surface area contributed by atoms with Gasteiger partial charge in [-0.25, -0.2) is 8.42 Å². The maximum Gasteiger partial charge on any atom is 0.323 e. The van der Waals surface area contributed by atoms with Gasteiger partial charge in [0.25, 0.3) is 0 Å². The highest BCUT2D eigenvalue weighted by molar-refractivity contribution is 14.1. The van der Waals surface area contributed by atoms with Crippen LogP contribution in [-0.4, -0.2) is 60.3 Å². The summed E-state index contributed by atoms with van der Waals surface area (Å²) in [5, 5.41) is 9.32. The molecule has 1 fully saturated rings. The molecular formula is C13H15IN2O5S. The fourth-order valence-electron chi connectivity index (χ4n) is 2.28.